The van der Waals surface area contributed by atoms with Crippen LogP contribution < -0.4 is 14.8 Å². The maximum Gasteiger partial charge on any atom is 0.255 e. The summed E-state index contributed by atoms with van der Waals surface area (Å²) in [6.45, 7) is 2.36. The van der Waals surface area contributed by atoms with E-state index in [-0.39, 0.29) is 36.9 Å². The number of carbonyl (C=O) groups excluding carboxylic acids is 2. The Labute approximate surface area is 218 Å². The number of ether oxygens (including phenoxy) is 3. The number of carbonyl (C=O) groups is 2. The number of rotatable bonds is 9. The number of hydrogen-bond acceptors (Lipinski definition) is 8. The zero-order valence-electron chi connectivity index (χ0n) is 21.4. The molecule has 2 atom stereocenters. The first-order valence-corrected chi connectivity index (χ1v) is 12.4. The van der Waals surface area contributed by atoms with Crippen LogP contribution in [0.15, 0.2) is 18.5 Å². The zero-order valence-corrected chi connectivity index (χ0v) is 21.4. The summed E-state index contributed by atoms with van der Waals surface area (Å²) >= 11 is 0. The summed E-state index contributed by atoms with van der Waals surface area (Å²) in [6.07, 6.45) is 2.56. The summed E-state index contributed by atoms with van der Waals surface area (Å²) in [5.74, 6) is -0.460. The van der Waals surface area contributed by atoms with Gasteiger partial charge in [0.25, 0.3) is 5.91 Å². The molecular formula is C26H30FN5O6. The molecule has 38 heavy (non-hydrogen) atoms. The van der Waals surface area contributed by atoms with Gasteiger partial charge in [-0.25, -0.2) is 14.4 Å². The predicted molar refractivity (Wildman–Crippen MR) is 135 cm³/mol. The highest BCUT2D eigenvalue weighted by Gasteiger charge is 2.36. The number of methoxy groups -OCH3 is 2. The third-order valence-corrected chi connectivity index (χ3v) is 6.91. The summed E-state index contributed by atoms with van der Waals surface area (Å²) in [5.41, 5.74) is 2.59. The third kappa shape index (κ3) is 5.01. The first-order valence-electron chi connectivity index (χ1n) is 12.4. The Bertz CT molecular complexity index is 1370. The zero-order chi connectivity index (χ0) is 27.0. The van der Waals surface area contributed by atoms with Gasteiger partial charge in [-0.05, 0) is 31.7 Å². The lowest BCUT2D eigenvalue weighted by Gasteiger charge is -2.16. The van der Waals surface area contributed by atoms with Crippen molar-refractivity contribution in [1.82, 2.24) is 25.2 Å². The van der Waals surface area contributed by atoms with Gasteiger partial charge in [0.2, 0.25) is 5.91 Å². The SMILES string of the molecule is COCC(=O)N1C[C@H](O)[C@H](NC(=O)c2c(C)[nH]c3c(-c4cc(OC)c(F)cc4OCC4CC4)ncnc23)C1. The minimum atomic E-state index is -0.923. The number of halogens is 1. The molecule has 3 N–H and O–H groups in total. The number of H-pyrrole nitrogens is 1. The minimum absolute atomic E-state index is 0.0366. The van der Waals surface area contributed by atoms with Crippen molar-refractivity contribution < 1.29 is 33.3 Å². The number of aromatic amines is 1. The number of benzene rings is 1. The smallest absolute Gasteiger partial charge is 0.255 e. The topological polar surface area (TPSA) is 139 Å². The molecule has 11 nitrogen and oxygen atoms in total. The van der Waals surface area contributed by atoms with Gasteiger partial charge in [0.05, 0.1) is 36.9 Å². The van der Waals surface area contributed by atoms with Gasteiger partial charge in [-0.2, -0.15) is 0 Å². The van der Waals surface area contributed by atoms with Gasteiger partial charge in [0.15, 0.2) is 11.6 Å². The van der Waals surface area contributed by atoms with Gasteiger partial charge in [-0.1, -0.05) is 0 Å². The Morgan fingerprint density at radius 2 is 2.00 bits per heavy atom. The van der Waals surface area contributed by atoms with E-state index in [0.717, 1.165) is 12.8 Å². The van der Waals surface area contributed by atoms with Crippen LogP contribution >= 0.6 is 0 Å². The molecule has 2 aromatic heterocycles. The lowest BCUT2D eigenvalue weighted by Crippen LogP contribution is -2.43. The van der Waals surface area contributed by atoms with E-state index in [4.69, 9.17) is 14.2 Å². The Kier molecular flexibility index (Phi) is 7.17. The van der Waals surface area contributed by atoms with Gasteiger partial charge in [-0.15, -0.1) is 0 Å². The van der Waals surface area contributed by atoms with Gasteiger partial charge in [0, 0.05) is 37.5 Å². The molecule has 0 spiro atoms. The van der Waals surface area contributed by atoms with Crippen LogP contribution in [0.1, 0.15) is 28.9 Å². The molecular weight excluding hydrogens is 497 g/mol. The molecule has 0 unspecified atom stereocenters. The van der Waals surface area contributed by atoms with Gasteiger partial charge >= 0.3 is 0 Å². The monoisotopic (exact) mass is 527 g/mol. The summed E-state index contributed by atoms with van der Waals surface area (Å²) in [7, 11) is 2.80. The molecule has 12 heteroatoms. The molecule has 1 saturated heterocycles. The molecule has 1 aromatic carbocycles. The van der Waals surface area contributed by atoms with Crippen LogP contribution in [0.2, 0.25) is 0 Å². The van der Waals surface area contributed by atoms with Crippen molar-refractivity contribution in [3.8, 4) is 22.8 Å². The quantitative estimate of drug-likeness (QED) is 0.383. The lowest BCUT2D eigenvalue weighted by atomic mass is 10.1. The second-order valence-corrected chi connectivity index (χ2v) is 9.69. The molecule has 0 radical (unpaired) electrons. The fourth-order valence-corrected chi connectivity index (χ4v) is 4.68. The molecule has 2 aliphatic rings. The van der Waals surface area contributed by atoms with E-state index in [2.05, 4.69) is 20.3 Å². The maximum atomic E-state index is 14.6. The highest BCUT2D eigenvalue weighted by molar-refractivity contribution is 6.09. The average Bonchev–Trinajstić information content (AvgIpc) is 3.56. The summed E-state index contributed by atoms with van der Waals surface area (Å²) in [4.78, 5) is 38.9. The number of aromatic nitrogens is 3. The van der Waals surface area contributed by atoms with Crippen LogP contribution in [0.3, 0.4) is 0 Å². The number of hydrogen-bond donors (Lipinski definition) is 3. The highest BCUT2D eigenvalue weighted by Crippen LogP contribution is 2.39. The maximum absolute atomic E-state index is 14.6. The van der Waals surface area contributed by atoms with Gasteiger partial charge in [0.1, 0.15) is 29.9 Å². The fourth-order valence-electron chi connectivity index (χ4n) is 4.68. The minimum Gasteiger partial charge on any atom is -0.494 e. The van der Waals surface area contributed by atoms with Crippen molar-refractivity contribution in [3.05, 3.63) is 35.5 Å². The van der Waals surface area contributed by atoms with Crippen molar-refractivity contribution in [2.75, 3.05) is 40.5 Å². The number of likely N-dealkylation sites (tertiary alicyclic amines) is 1. The molecule has 2 amide bonds. The number of β-amino-alcohol motifs (C(OH)–C–C–N with tert-alkyl or cyclic N) is 1. The number of nitrogens with one attached hydrogen (secondary N) is 2. The summed E-state index contributed by atoms with van der Waals surface area (Å²) in [6, 6.07) is 2.15. The third-order valence-electron chi connectivity index (χ3n) is 6.91. The van der Waals surface area contributed by atoms with E-state index in [1.54, 1.807) is 6.92 Å². The number of amides is 2. The molecule has 1 aliphatic heterocycles. The normalized spacial score (nSPS) is 19.1. The Hall–Kier alpha value is -3.77. The van der Waals surface area contributed by atoms with Crippen LogP contribution in [0.4, 0.5) is 4.39 Å². The summed E-state index contributed by atoms with van der Waals surface area (Å²) in [5, 5.41) is 13.3. The molecule has 3 heterocycles. The molecule has 0 bridgehead atoms. The molecule has 2 fully saturated rings. The Balaban J connectivity index is 1.47. The van der Waals surface area contributed by atoms with E-state index >= 15 is 0 Å². The van der Waals surface area contributed by atoms with E-state index in [1.165, 1.54) is 37.6 Å². The highest BCUT2D eigenvalue weighted by atomic mass is 19.1. The predicted octanol–water partition coefficient (Wildman–Crippen LogP) is 1.82. The Morgan fingerprint density at radius 3 is 2.71 bits per heavy atom. The molecule has 1 saturated carbocycles. The van der Waals surface area contributed by atoms with Crippen LogP contribution in [-0.4, -0.2) is 89.4 Å². The van der Waals surface area contributed by atoms with Crippen LogP contribution in [0.5, 0.6) is 11.5 Å². The largest absolute Gasteiger partial charge is 0.494 e. The Morgan fingerprint density at radius 1 is 1.21 bits per heavy atom. The molecule has 3 aromatic rings. The van der Waals surface area contributed by atoms with E-state index in [9.17, 15) is 19.1 Å². The molecule has 5 rings (SSSR count). The first-order chi connectivity index (χ1) is 18.3. The molecule has 1 aliphatic carbocycles. The number of fused-ring (bicyclic) bond motifs is 1. The van der Waals surface area contributed by atoms with E-state index in [1.807, 2.05) is 0 Å². The van der Waals surface area contributed by atoms with Crippen LogP contribution in [-0.2, 0) is 9.53 Å². The second kappa shape index (κ2) is 10.5. The van der Waals surface area contributed by atoms with Crippen molar-refractivity contribution >= 4 is 22.8 Å². The fraction of sp³-hybridized carbons (Fsp3) is 0.462. The summed E-state index contributed by atoms with van der Waals surface area (Å²) < 4.78 is 30.6. The van der Waals surface area contributed by atoms with Crippen molar-refractivity contribution in [3.63, 3.8) is 0 Å². The lowest BCUT2D eigenvalue weighted by molar-refractivity contribution is -0.134. The first kappa shape index (κ1) is 25.9. The number of nitrogens with zero attached hydrogens (tertiary/aromatic N) is 3. The number of aliphatic hydroxyl groups is 1. The molecule has 202 valence electrons. The number of aryl methyl sites for hydroxylation is 1. The van der Waals surface area contributed by atoms with Crippen molar-refractivity contribution in [2.45, 2.75) is 31.9 Å². The van der Waals surface area contributed by atoms with E-state index in [0.29, 0.717) is 46.3 Å². The van der Waals surface area contributed by atoms with Crippen LogP contribution in [0.25, 0.3) is 22.3 Å². The standard InChI is InChI=1S/C26H30FN5O6/c1-13-22(26(35)31-17-8-32(9-18(17)33)21(34)11-36-2)24-25(30-13)23(28-12-29-24)15-6-20(37-3)16(27)7-19(15)38-10-14-4-5-14/h6-7,12,14,17-18,30,33H,4-5,8-11H2,1-3H3,(H,31,35)/t17-,18+/m1/s1. The average molecular weight is 528 g/mol. The van der Waals surface area contributed by atoms with E-state index < -0.39 is 23.9 Å². The second-order valence-electron chi connectivity index (χ2n) is 9.69. The van der Waals surface area contributed by atoms with Crippen LogP contribution in [0, 0.1) is 18.7 Å². The number of aliphatic hydroxyl groups excluding tert-OH is 1. The van der Waals surface area contributed by atoms with Crippen molar-refractivity contribution in [1.29, 1.82) is 0 Å². The van der Waals surface area contributed by atoms with Gasteiger partial charge in [-0.3, -0.25) is 9.59 Å². The van der Waals surface area contributed by atoms with Crippen molar-refractivity contribution in [2.24, 2.45) is 5.92 Å². The van der Waals surface area contributed by atoms with Gasteiger partial charge < -0.3 is 34.5 Å².